The van der Waals surface area contributed by atoms with E-state index in [4.69, 9.17) is 5.73 Å². The highest BCUT2D eigenvalue weighted by molar-refractivity contribution is 5.18. The monoisotopic (exact) mass is 175 g/mol. The Morgan fingerprint density at radius 1 is 1.08 bits per heavy atom. The maximum absolute atomic E-state index is 6.29. The Hall–Kier alpha value is -0.820. The average molecular weight is 175 g/mol. The quantitative estimate of drug-likeness (QED) is 0.734. The topological polar surface area (TPSA) is 26.0 Å². The third-order valence-electron chi connectivity index (χ3n) is 3.00. The molecule has 2 N–H and O–H groups in total. The van der Waals surface area contributed by atoms with Crippen LogP contribution in [0.1, 0.15) is 31.2 Å². The van der Waals surface area contributed by atoms with Gasteiger partial charge in [-0.1, -0.05) is 43.2 Å². The largest absolute Gasteiger partial charge is 0.325 e. The van der Waals surface area contributed by atoms with Crippen LogP contribution >= 0.6 is 0 Å². The molecule has 70 valence electrons. The Balaban J connectivity index is 2.05. The van der Waals surface area contributed by atoms with Gasteiger partial charge in [-0.2, -0.15) is 0 Å². The van der Waals surface area contributed by atoms with Crippen molar-refractivity contribution >= 4 is 0 Å². The molecule has 0 aromatic heterocycles. The van der Waals surface area contributed by atoms with E-state index in [2.05, 4.69) is 30.3 Å². The predicted molar refractivity (Wildman–Crippen MR) is 55.5 cm³/mol. The smallest absolute Gasteiger partial charge is 0.0195 e. The van der Waals surface area contributed by atoms with Gasteiger partial charge in [0.25, 0.3) is 0 Å². The van der Waals surface area contributed by atoms with E-state index < -0.39 is 0 Å². The molecule has 0 radical (unpaired) electrons. The van der Waals surface area contributed by atoms with Gasteiger partial charge in [0.1, 0.15) is 0 Å². The number of hydrogen-bond acceptors (Lipinski definition) is 1. The van der Waals surface area contributed by atoms with E-state index in [0.29, 0.717) is 0 Å². The highest BCUT2D eigenvalue weighted by atomic mass is 14.7. The zero-order valence-electron chi connectivity index (χ0n) is 8.00. The van der Waals surface area contributed by atoms with Gasteiger partial charge in [-0.15, -0.1) is 0 Å². The third kappa shape index (κ3) is 2.10. The van der Waals surface area contributed by atoms with Crippen LogP contribution in [0.4, 0.5) is 0 Å². The van der Waals surface area contributed by atoms with Gasteiger partial charge < -0.3 is 5.73 Å². The second-order valence-corrected chi connectivity index (χ2v) is 4.23. The number of benzene rings is 1. The average Bonchev–Trinajstić information content (AvgIpc) is 2.54. The Kier molecular flexibility index (Phi) is 2.36. The van der Waals surface area contributed by atoms with Gasteiger partial charge in [-0.05, 0) is 24.8 Å². The molecule has 13 heavy (non-hydrogen) atoms. The maximum atomic E-state index is 6.29. The lowest BCUT2D eigenvalue weighted by Crippen LogP contribution is -2.38. The van der Waals surface area contributed by atoms with E-state index in [-0.39, 0.29) is 5.54 Å². The van der Waals surface area contributed by atoms with Gasteiger partial charge in [0.15, 0.2) is 0 Å². The summed E-state index contributed by atoms with van der Waals surface area (Å²) in [5.41, 5.74) is 7.77. The van der Waals surface area contributed by atoms with E-state index in [1.165, 1.54) is 31.2 Å². The Bertz CT molecular complexity index is 260. The van der Waals surface area contributed by atoms with Crippen molar-refractivity contribution in [1.29, 1.82) is 0 Å². The first-order valence-corrected chi connectivity index (χ1v) is 5.11. The van der Waals surface area contributed by atoms with Crippen LogP contribution in [0, 0.1) is 0 Å². The molecule has 0 amide bonds. The fourth-order valence-corrected chi connectivity index (χ4v) is 2.26. The van der Waals surface area contributed by atoms with E-state index in [9.17, 15) is 0 Å². The van der Waals surface area contributed by atoms with Crippen LogP contribution in [-0.2, 0) is 6.42 Å². The summed E-state index contributed by atoms with van der Waals surface area (Å²) < 4.78 is 0. The minimum Gasteiger partial charge on any atom is -0.325 e. The van der Waals surface area contributed by atoms with E-state index in [1.54, 1.807) is 0 Å². The Labute approximate surface area is 80.0 Å². The molecule has 1 heteroatoms. The third-order valence-corrected chi connectivity index (χ3v) is 3.00. The lowest BCUT2D eigenvalue weighted by Gasteiger charge is -2.23. The molecule has 0 spiro atoms. The van der Waals surface area contributed by atoms with Crippen molar-refractivity contribution in [1.82, 2.24) is 0 Å². The van der Waals surface area contributed by atoms with E-state index in [0.717, 1.165) is 6.42 Å². The molecule has 2 rings (SSSR count). The molecule has 1 saturated carbocycles. The maximum Gasteiger partial charge on any atom is 0.0195 e. The van der Waals surface area contributed by atoms with Crippen LogP contribution in [-0.4, -0.2) is 5.54 Å². The van der Waals surface area contributed by atoms with Crippen LogP contribution < -0.4 is 5.73 Å². The molecule has 1 aliphatic carbocycles. The van der Waals surface area contributed by atoms with Crippen molar-refractivity contribution < 1.29 is 0 Å². The first-order chi connectivity index (χ1) is 6.29. The molecule has 1 aliphatic rings. The molecule has 0 aliphatic heterocycles. The lowest BCUT2D eigenvalue weighted by molar-refractivity contribution is 0.436. The zero-order chi connectivity index (χ0) is 9.15. The molecule has 0 atom stereocenters. The summed E-state index contributed by atoms with van der Waals surface area (Å²) in [4.78, 5) is 0. The molecule has 1 nitrogen and oxygen atoms in total. The van der Waals surface area contributed by atoms with Crippen molar-refractivity contribution in [2.24, 2.45) is 5.73 Å². The molecule has 0 unspecified atom stereocenters. The summed E-state index contributed by atoms with van der Waals surface area (Å²) in [6.45, 7) is 0. The second kappa shape index (κ2) is 3.51. The molecule has 1 fully saturated rings. The number of rotatable bonds is 2. The summed E-state index contributed by atoms with van der Waals surface area (Å²) in [6.07, 6.45) is 6.06. The first-order valence-electron chi connectivity index (χ1n) is 5.11. The van der Waals surface area contributed by atoms with Crippen LogP contribution in [0.3, 0.4) is 0 Å². The minimum atomic E-state index is 0.0986. The molecular weight excluding hydrogens is 158 g/mol. The predicted octanol–water partition coefficient (Wildman–Crippen LogP) is 2.50. The lowest BCUT2D eigenvalue weighted by atomic mass is 9.90. The molecule has 0 heterocycles. The molecule has 1 aromatic rings. The first kappa shape index (κ1) is 8.76. The molecular formula is C12H17N. The van der Waals surface area contributed by atoms with Crippen LogP contribution in [0.2, 0.25) is 0 Å². The fourth-order valence-electron chi connectivity index (χ4n) is 2.26. The minimum absolute atomic E-state index is 0.0986. The van der Waals surface area contributed by atoms with Gasteiger partial charge in [-0.3, -0.25) is 0 Å². The van der Waals surface area contributed by atoms with E-state index >= 15 is 0 Å². The Morgan fingerprint density at radius 3 is 2.31 bits per heavy atom. The highest BCUT2D eigenvalue weighted by Gasteiger charge is 2.28. The van der Waals surface area contributed by atoms with Crippen molar-refractivity contribution in [2.45, 2.75) is 37.6 Å². The number of nitrogens with two attached hydrogens (primary N) is 1. The van der Waals surface area contributed by atoms with Crippen LogP contribution in [0.15, 0.2) is 30.3 Å². The van der Waals surface area contributed by atoms with Gasteiger partial charge in [-0.25, -0.2) is 0 Å². The van der Waals surface area contributed by atoms with Gasteiger partial charge in [0.2, 0.25) is 0 Å². The SMILES string of the molecule is NC1(Cc2ccccc2)CCCC1. The molecule has 0 bridgehead atoms. The second-order valence-electron chi connectivity index (χ2n) is 4.23. The van der Waals surface area contributed by atoms with Gasteiger partial charge in [0, 0.05) is 5.54 Å². The van der Waals surface area contributed by atoms with Crippen molar-refractivity contribution in [2.75, 3.05) is 0 Å². The molecule has 1 aromatic carbocycles. The summed E-state index contributed by atoms with van der Waals surface area (Å²) in [5, 5.41) is 0. The standard InChI is InChI=1S/C12H17N/c13-12(8-4-5-9-12)10-11-6-2-1-3-7-11/h1-3,6-7H,4-5,8-10,13H2. The normalized spacial score (nSPS) is 20.4. The molecule has 0 saturated heterocycles. The van der Waals surface area contributed by atoms with Crippen molar-refractivity contribution in [3.63, 3.8) is 0 Å². The number of hydrogen-bond donors (Lipinski definition) is 1. The van der Waals surface area contributed by atoms with Crippen LogP contribution in [0.25, 0.3) is 0 Å². The fraction of sp³-hybridized carbons (Fsp3) is 0.500. The summed E-state index contributed by atoms with van der Waals surface area (Å²) in [6, 6.07) is 10.6. The summed E-state index contributed by atoms with van der Waals surface area (Å²) >= 11 is 0. The van der Waals surface area contributed by atoms with Crippen molar-refractivity contribution in [3.05, 3.63) is 35.9 Å². The Morgan fingerprint density at radius 2 is 1.69 bits per heavy atom. The van der Waals surface area contributed by atoms with Crippen LogP contribution in [0.5, 0.6) is 0 Å². The van der Waals surface area contributed by atoms with Gasteiger partial charge in [0.05, 0.1) is 0 Å². The summed E-state index contributed by atoms with van der Waals surface area (Å²) in [7, 11) is 0. The zero-order valence-corrected chi connectivity index (χ0v) is 8.00. The highest BCUT2D eigenvalue weighted by Crippen LogP contribution is 2.30. The van der Waals surface area contributed by atoms with Crippen molar-refractivity contribution in [3.8, 4) is 0 Å². The van der Waals surface area contributed by atoms with E-state index in [1.807, 2.05) is 0 Å². The summed E-state index contributed by atoms with van der Waals surface area (Å²) in [5.74, 6) is 0. The van der Waals surface area contributed by atoms with Gasteiger partial charge >= 0.3 is 0 Å².